The first-order chi connectivity index (χ1) is 4.20. The molecular weight excluding hydrogens is 112 g/mol. The van der Waals surface area contributed by atoms with Gasteiger partial charge in [0.2, 0.25) is 0 Å². The summed E-state index contributed by atoms with van der Waals surface area (Å²) in [4.78, 5) is 4.28. The molecule has 1 aliphatic rings. The second-order valence-corrected chi connectivity index (χ2v) is 2.97. The van der Waals surface area contributed by atoms with Crippen LogP contribution in [0.4, 0.5) is 0 Å². The maximum Gasteiger partial charge on any atom is 0.0941 e. The zero-order valence-corrected chi connectivity index (χ0v) is 6.09. The lowest BCUT2D eigenvalue weighted by molar-refractivity contribution is 0.494. The summed E-state index contributed by atoms with van der Waals surface area (Å²) >= 11 is 0. The van der Waals surface area contributed by atoms with Crippen LogP contribution in [0.3, 0.4) is 0 Å². The summed E-state index contributed by atoms with van der Waals surface area (Å²) in [6.07, 6.45) is 2.16. The van der Waals surface area contributed by atoms with Crippen LogP contribution < -0.4 is 5.73 Å². The van der Waals surface area contributed by atoms with Gasteiger partial charge >= 0.3 is 0 Å². The summed E-state index contributed by atoms with van der Waals surface area (Å²) in [5.74, 6) is 1.50. The van der Waals surface area contributed by atoms with Crippen LogP contribution in [-0.2, 0) is 0 Å². The third-order valence-corrected chi connectivity index (χ3v) is 1.80. The van der Waals surface area contributed by atoms with E-state index in [1.807, 2.05) is 0 Å². The van der Waals surface area contributed by atoms with Crippen molar-refractivity contribution in [2.75, 3.05) is 0 Å². The lowest BCUT2D eigenvalue weighted by atomic mass is 10.0. The molecule has 0 spiro atoms. The monoisotopic (exact) mass is 126 g/mol. The van der Waals surface area contributed by atoms with Gasteiger partial charge in [-0.05, 0) is 12.3 Å². The molecule has 0 bridgehead atoms. The van der Waals surface area contributed by atoms with Crippen LogP contribution >= 0.6 is 0 Å². The zero-order chi connectivity index (χ0) is 6.85. The number of hydrogen-bond acceptors (Lipinski definition) is 2. The fraction of sp³-hybridized carbons (Fsp3) is 0.857. The van der Waals surface area contributed by atoms with Gasteiger partial charge in [-0.1, -0.05) is 13.8 Å². The lowest BCUT2D eigenvalue weighted by Gasteiger charge is -2.08. The van der Waals surface area contributed by atoms with Crippen molar-refractivity contribution >= 4 is 5.84 Å². The van der Waals surface area contributed by atoms with Gasteiger partial charge in [0.05, 0.1) is 11.9 Å². The molecule has 0 saturated carbocycles. The molecule has 0 amide bonds. The quantitative estimate of drug-likeness (QED) is 0.562. The molecule has 0 fully saturated rings. The number of amidine groups is 1. The fourth-order valence-corrected chi connectivity index (χ4v) is 1.12. The number of nitrogens with zero attached hydrogens (tertiary/aromatic N) is 1. The standard InChI is InChI=1S/C7H14N2/c1-5(2)6-3-4-7(8)9-6/h5-6H,3-4H2,1-2H3,(H2,8,9). The van der Waals surface area contributed by atoms with Crippen molar-refractivity contribution in [3.8, 4) is 0 Å². The van der Waals surface area contributed by atoms with Crippen molar-refractivity contribution in [1.82, 2.24) is 0 Å². The molecule has 1 atom stereocenters. The second kappa shape index (κ2) is 2.38. The molecule has 0 aromatic heterocycles. The van der Waals surface area contributed by atoms with Gasteiger partial charge in [0.1, 0.15) is 0 Å². The SMILES string of the molecule is CC(C)C1CCC(N)=N1. The van der Waals surface area contributed by atoms with E-state index in [0.29, 0.717) is 12.0 Å². The predicted molar refractivity (Wildman–Crippen MR) is 39.5 cm³/mol. The van der Waals surface area contributed by atoms with Gasteiger partial charge in [0.25, 0.3) is 0 Å². The third kappa shape index (κ3) is 1.44. The van der Waals surface area contributed by atoms with Gasteiger partial charge in [-0.2, -0.15) is 0 Å². The van der Waals surface area contributed by atoms with E-state index in [4.69, 9.17) is 5.73 Å². The third-order valence-electron chi connectivity index (χ3n) is 1.80. The minimum atomic E-state index is 0.505. The van der Waals surface area contributed by atoms with E-state index >= 15 is 0 Å². The number of nitrogens with two attached hydrogens (primary N) is 1. The highest BCUT2D eigenvalue weighted by Gasteiger charge is 2.17. The first-order valence-electron chi connectivity index (χ1n) is 3.52. The minimum Gasteiger partial charge on any atom is -0.387 e. The second-order valence-electron chi connectivity index (χ2n) is 2.97. The number of rotatable bonds is 1. The normalized spacial score (nSPS) is 27.0. The Balaban J connectivity index is 2.47. The first-order valence-corrected chi connectivity index (χ1v) is 3.52. The molecule has 0 aromatic carbocycles. The van der Waals surface area contributed by atoms with E-state index in [1.165, 1.54) is 0 Å². The van der Waals surface area contributed by atoms with Crippen LogP contribution in [0.25, 0.3) is 0 Å². The maximum atomic E-state index is 5.51. The average Bonchev–Trinajstić information content (AvgIpc) is 2.14. The van der Waals surface area contributed by atoms with Crippen molar-refractivity contribution in [1.29, 1.82) is 0 Å². The predicted octanol–water partition coefficient (Wildman–Crippen LogP) is 1.16. The smallest absolute Gasteiger partial charge is 0.0941 e. The van der Waals surface area contributed by atoms with Crippen molar-refractivity contribution in [3.05, 3.63) is 0 Å². The molecule has 0 aromatic rings. The molecule has 2 N–H and O–H groups in total. The molecule has 1 heterocycles. The van der Waals surface area contributed by atoms with Gasteiger partial charge in [-0.3, -0.25) is 4.99 Å². The Hall–Kier alpha value is -0.530. The van der Waals surface area contributed by atoms with Crippen LogP contribution in [0.5, 0.6) is 0 Å². The fourth-order valence-electron chi connectivity index (χ4n) is 1.12. The topological polar surface area (TPSA) is 38.4 Å². The van der Waals surface area contributed by atoms with Crippen molar-refractivity contribution in [2.45, 2.75) is 32.7 Å². The maximum absolute atomic E-state index is 5.51. The van der Waals surface area contributed by atoms with Gasteiger partial charge in [-0.25, -0.2) is 0 Å². The molecule has 2 heteroatoms. The number of hydrogen-bond donors (Lipinski definition) is 1. The van der Waals surface area contributed by atoms with E-state index in [-0.39, 0.29) is 0 Å². The van der Waals surface area contributed by atoms with E-state index < -0.39 is 0 Å². The molecule has 1 rings (SSSR count). The van der Waals surface area contributed by atoms with E-state index in [9.17, 15) is 0 Å². The summed E-state index contributed by atoms with van der Waals surface area (Å²) in [5, 5.41) is 0. The molecule has 0 saturated heterocycles. The van der Waals surface area contributed by atoms with Crippen LogP contribution in [0.1, 0.15) is 26.7 Å². The van der Waals surface area contributed by atoms with Crippen molar-refractivity contribution < 1.29 is 0 Å². The van der Waals surface area contributed by atoms with Crippen molar-refractivity contribution in [2.24, 2.45) is 16.6 Å². The van der Waals surface area contributed by atoms with E-state index in [0.717, 1.165) is 18.7 Å². The Bertz CT molecular complexity index is 127. The van der Waals surface area contributed by atoms with E-state index in [2.05, 4.69) is 18.8 Å². The van der Waals surface area contributed by atoms with E-state index in [1.54, 1.807) is 0 Å². The summed E-state index contributed by atoms with van der Waals surface area (Å²) in [5.41, 5.74) is 5.51. The Labute approximate surface area is 56.2 Å². The van der Waals surface area contributed by atoms with Crippen molar-refractivity contribution in [3.63, 3.8) is 0 Å². The minimum absolute atomic E-state index is 0.505. The average molecular weight is 126 g/mol. The molecular formula is C7H14N2. The lowest BCUT2D eigenvalue weighted by Crippen LogP contribution is -2.09. The van der Waals surface area contributed by atoms with Gasteiger partial charge in [0.15, 0.2) is 0 Å². The Morgan fingerprint density at radius 2 is 2.33 bits per heavy atom. The summed E-state index contributed by atoms with van der Waals surface area (Å²) in [6.45, 7) is 4.37. The Morgan fingerprint density at radius 1 is 1.67 bits per heavy atom. The van der Waals surface area contributed by atoms with Crippen LogP contribution in [-0.4, -0.2) is 11.9 Å². The molecule has 1 aliphatic heterocycles. The summed E-state index contributed by atoms with van der Waals surface area (Å²) < 4.78 is 0. The highest BCUT2D eigenvalue weighted by atomic mass is 14.9. The highest BCUT2D eigenvalue weighted by Crippen LogP contribution is 2.17. The Kier molecular flexibility index (Phi) is 1.74. The van der Waals surface area contributed by atoms with Crippen LogP contribution in [0.15, 0.2) is 4.99 Å². The molecule has 9 heavy (non-hydrogen) atoms. The summed E-state index contributed by atoms with van der Waals surface area (Å²) in [6, 6.07) is 0.505. The largest absolute Gasteiger partial charge is 0.387 e. The molecule has 0 radical (unpaired) electrons. The first kappa shape index (κ1) is 6.59. The van der Waals surface area contributed by atoms with Crippen LogP contribution in [0, 0.1) is 5.92 Å². The summed E-state index contributed by atoms with van der Waals surface area (Å²) in [7, 11) is 0. The van der Waals surface area contributed by atoms with Gasteiger partial charge < -0.3 is 5.73 Å². The number of aliphatic imine (C=N–C) groups is 1. The molecule has 1 unspecified atom stereocenters. The Morgan fingerprint density at radius 3 is 2.56 bits per heavy atom. The molecule has 0 aliphatic carbocycles. The zero-order valence-electron chi connectivity index (χ0n) is 6.09. The van der Waals surface area contributed by atoms with Gasteiger partial charge in [0, 0.05) is 6.42 Å². The molecule has 52 valence electrons. The van der Waals surface area contributed by atoms with Gasteiger partial charge in [-0.15, -0.1) is 0 Å². The highest BCUT2D eigenvalue weighted by molar-refractivity contribution is 5.82. The molecule has 2 nitrogen and oxygen atoms in total. The van der Waals surface area contributed by atoms with Crippen LogP contribution in [0.2, 0.25) is 0 Å².